The van der Waals surface area contributed by atoms with Crippen LogP contribution in [0.4, 0.5) is 0 Å². The number of hydrogen-bond donors (Lipinski definition) is 2. The molecule has 0 aliphatic carbocycles. The van der Waals surface area contributed by atoms with Gasteiger partial charge in [-0.1, -0.05) is 71.8 Å². The Morgan fingerprint density at radius 2 is 0.925 bits per heavy atom. The summed E-state index contributed by atoms with van der Waals surface area (Å²) in [4.78, 5) is 14.2. The van der Waals surface area contributed by atoms with Gasteiger partial charge >= 0.3 is 0 Å². The minimum atomic E-state index is -3.61. The van der Waals surface area contributed by atoms with Gasteiger partial charge in [-0.25, -0.2) is 16.8 Å². The van der Waals surface area contributed by atoms with Crippen molar-refractivity contribution < 1.29 is 31.8 Å². The number of benzene rings is 4. The molecule has 4 aromatic rings. The summed E-state index contributed by atoms with van der Waals surface area (Å²) in [5, 5.41) is 18.1. The van der Waals surface area contributed by atoms with Crippen molar-refractivity contribution in [2.24, 2.45) is 0 Å². The van der Waals surface area contributed by atoms with Crippen LogP contribution in [0.1, 0.15) is 27.0 Å². The van der Waals surface area contributed by atoms with Crippen molar-refractivity contribution in [3.63, 3.8) is 0 Å². The lowest BCUT2D eigenvalue weighted by Gasteiger charge is -2.15. The Hall–Kier alpha value is -3.63. The summed E-state index contributed by atoms with van der Waals surface area (Å²) in [6, 6.07) is 23.4. The molecule has 0 amide bonds. The molecule has 0 aliphatic rings. The maximum absolute atomic E-state index is 14.0. The molecule has 7 nitrogen and oxygen atoms in total. The molecule has 208 valence electrons. The van der Waals surface area contributed by atoms with Gasteiger partial charge in [0.1, 0.15) is 0 Å². The van der Waals surface area contributed by atoms with Gasteiger partial charge in [0.05, 0.1) is 34.5 Å². The molecule has 0 spiro atoms. The molecule has 0 unspecified atom stereocenters. The molecule has 0 saturated heterocycles. The van der Waals surface area contributed by atoms with E-state index in [-0.39, 0.29) is 27.1 Å². The van der Waals surface area contributed by atoms with E-state index in [0.29, 0.717) is 33.4 Å². The molecule has 0 radical (unpaired) electrons. The number of carbonyl (C=O) groups is 1. The zero-order valence-electron chi connectivity index (χ0n) is 22.2. The number of carbonyl (C=O) groups excluding carboxylic acids is 1. The minimum Gasteiger partial charge on any atom is -0.395 e. The lowest BCUT2D eigenvalue weighted by molar-refractivity contribution is 0.104. The number of aliphatic hydroxyl groups excluding tert-OH is 2. The zero-order valence-corrected chi connectivity index (χ0v) is 23.8. The molecule has 4 aromatic carbocycles. The number of aliphatic hydroxyl groups is 2. The lowest BCUT2D eigenvalue weighted by atomic mass is 9.88. The highest BCUT2D eigenvalue weighted by Crippen LogP contribution is 2.33. The normalized spacial score (nSPS) is 11.9. The van der Waals surface area contributed by atoms with E-state index in [1.807, 2.05) is 38.1 Å². The molecule has 4 rings (SSSR count). The number of aryl methyl sites for hydroxylation is 2. The third-order valence-corrected chi connectivity index (χ3v) is 10.0. The second-order valence-corrected chi connectivity index (χ2v) is 13.8. The van der Waals surface area contributed by atoms with Crippen LogP contribution in [0.2, 0.25) is 0 Å². The lowest BCUT2D eigenvalue weighted by Crippen LogP contribution is -2.10. The molecule has 9 heteroatoms. The highest BCUT2D eigenvalue weighted by Gasteiger charge is 2.21. The zero-order chi connectivity index (χ0) is 29.1. The van der Waals surface area contributed by atoms with E-state index >= 15 is 0 Å². The maximum Gasteiger partial charge on any atom is 0.194 e. The van der Waals surface area contributed by atoms with Crippen molar-refractivity contribution in [3.8, 4) is 22.3 Å². The van der Waals surface area contributed by atoms with E-state index < -0.39 is 32.9 Å². The minimum absolute atomic E-state index is 0.0936. The summed E-state index contributed by atoms with van der Waals surface area (Å²) < 4.78 is 49.4. The smallest absolute Gasteiger partial charge is 0.194 e. The number of sulfone groups is 2. The summed E-state index contributed by atoms with van der Waals surface area (Å²) >= 11 is 0. The van der Waals surface area contributed by atoms with E-state index in [9.17, 15) is 21.6 Å². The molecule has 0 atom stereocenters. The van der Waals surface area contributed by atoms with Crippen LogP contribution in [0.5, 0.6) is 0 Å². The Labute approximate surface area is 234 Å². The molecule has 40 heavy (non-hydrogen) atoms. The topological polar surface area (TPSA) is 126 Å². The fraction of sp³-hybridized carbons (Fsp3) is 0.194. The summed E-state index contributed by atoms with van der Waals surface area (Å²) in [7, 11) is -7.22. The van der Waals surface area contributed by atoms with Crippen LogP contribution < -0.4 is 0 Å². The van der Waals surface area contributed by atoms with Gasteiger partial charge in [0.25, 0.3) is 0 Å². The predicted molar refractivity (Wildman–Crippen MR) is 155 cm³/mol. The van der Waals surface area contributed by atoms with Gasteiger partial charge in [-0.15, -0.1) is 0 Å². The van der Waals surface area contributed by atoms with Crippen LogP contribution in [-0.4, -0.2) is 57.6 Å². The quantitative estimate of drug-likeness (QED) is 0.267. The molecule has 0 aromatic heterocycles. The fourth-order valence-electron chi connectivity index (χ4n) is 4.49. The van der Waals surface area contributed by atoms with Crippen molar-refractivity contribution in [3.05, 3.63) is 107 Å². The second-order valence-electron chi connectivity index (χ2n) is 9.56. The summed E-state index contributed by atoms with van der Waals surface area (Å²) in [5.41, 5.74) is 5.35. The first kappa shape index (κ1) is 29.4. The first-order chi connectivity index (χ1) is 19.0. The van der Waals surface area contributed by atoms with Gasteiger partial charge in [-0.2, -0.15) is 0 Å². The van der Waals surface area contributed by atoms with Gasteiger partial charge in [-0.3, -0.25) is 4.79 Å². The summed E-state index contributed by atoms with van der Waals surface area (Å²) in [6.45, 7) is 2.87. The first-order valence-electron chi connectivity index (χ1n) is 12.6. The molecular formula is C31H30O7S2. The fourth-order valence-corrected chi connectivity index (χ4v) is 6.55. The van der Waals surface area contributed by atoms with Crippen LogP contribution in [0.25, 0.3) is 22.3 Å². The van der Waals surface area contributed by atoms with E-state index in [1.54, 1.807) is 36.4 Å². The molecule has 0 heterocycles. The van der Waals surface area contributed by atoms with E-state index in [4.69, 9.17) is 10.2 Å². The molecule has 2 N–H and O–H groups in total. The number of ketones is 1. The van der Waals surface area contributed by atoms with Crippen molar-refractivity contribution in [2.45, 2.75) is 23.6 Å². The third-order valence-electron chi connectivity index (χ3n) is 6.61. The van der Waals surface area contributed by atoms with Crippen LogP contribution in [-0.2, 0) is 19.7 Å². The maximum atomic E-state index is 14.0. The van der Waals surface area contributed by atoms with Gasteiger partial charge in [0.15, 0.2) is 25.5 Å². The van der Waals surface area contributed by atoms with Crippen LogP contribution in [0.3, 0.4) is 0 Å². The van der Waals surface area contributed by atoms with E-state index in [1.165, 1.54) is 24.3 Å². The molecule has 0 saturated carbocycles. The van der Waals surface area contributed by atoms with Gasteiger partial charge in [0.2, 0.25) is 0 Å². The average Bonchev–Trinajstić information content (AvgIpc) is 2.93. The standard InChI is InChI=1S/C31H30O7S2/c1-21-3-13-27(29(19-21)23-5-9-25(10-6-23)39(35,36)17-15-32)31(34)28-14-4-22(2)20-30(28)24-7-11-26(12-8-24)40(37,38)18-16-33/h3-14,19-20,32-33H,15-18H2,1-2H3. The Morgan fingerprint density at radius 1 is 0.575 bits per heavy atom. The molecular weight excluding hydrogens is 548 g/mol. The van der Waals surface area contributed by atoms with Crippen molar-refractivity contribution in [1.29, 1.82) is 0 Å². The molecule has 0 fully saturated rings. The van der Waals surface area contributed by atoms with Crippen LogP contribution in [0.15, 0.2) is 94.7 Å². The highest BCUT2D eigenvalue weighted by molar-refractivity contribution is 7.91. The highest BCUT2D eigenvalue weighted by atomic mass is 32.2. The summed E-state index contributed by atoms with van der Waals surface area (Å²) in [5.74, 6) is -0.977. The third kappa shape index (κ3) is 6.23. The average molecular weight is 579 g/mol. The van der Waals surface area contributed by atoms with Crippen molar-refractivity contribution in [1.82, 2.24) is 0 Å². The van der Waals surface area contributed by atoms with Crippen LogP contribution in [0, 0.1) is 13.8 Å². The van der Waals surface area contributed by atoms with Crippen LogP contribution >= 0.6 is 0 Å². The Morgan fingerprint density at radius 3 is 1.25 bits per heavy atom. The van der Waals surface area contributed by atoms with Gasteiger partial charge in [-0.05, 0) is 60.4 Å². The Bertz CT molecular complexity index is 1620. The number of hydrogen-bond acceptors (Lipinski definition) is 7. The van der Waals surface area contributed by atoms with Gasteiger partial charge in [0, 0.05) is 11.1 Å². The SMILES string of the molecule is Cc1ccc(C(=O)c2ccc(C)cc2-c2ccc(S(=O)(=O)CCO)cc2)c(-c2ccc(S(=O)(=O)CCO)cc2)c1. The second kappa shape index (κ2) is 11.9. The largest absolute Gasteiger partial charge is 0.395 e. The van der Waals surface area contributed by atoms with Gasteiger partial charge < -0.3 is 10.2 Å². The van der Waals surface area contributed by atoms with E-state index in [0.717, 1.165) is 11.1 Å². The Balaban J connectivity index is 1.78. The van der Waals surface area contributed by atoms with Crippen molar-refractivity contribution in [2.75, 3.05) is 24.7 Å². The first-order valence-corrected chi connectivity index (χ1v) is 15.9. The van der Waals surface area contributed by atoms with E-state index in [2.05, 4.69) is 0 Å². The molecule has 0 aliphatic heterocycles. The summed E-state index contributed by atoms with van der Waals surface area (Å²) in [6.07, 6.45) is 0. The monoisotopic (exact) mass is 578 g/mol. The number of rotatable bonds is 10. The predicted octanol–water partition coefficient (Wildman–Crippen LogP) is 4.40. The van der Waals surface area contributed by atoms with Crippen molar-refractivity contribution >= 4 is 25.5 Å². The Kier molecular flexibility index (Phi) is 8.70. The molecule has 0 bridgehead atoms.